The van der Waals surface area contributed by atoms with Crippen LogP contribution in [0, 0.1) is 0 Å². The molecule has 0 saturated carbocycles. The second-order valence-electron chi connectivity index (χ2n) is 4.33. The van der Waals surface area contributed by atoms with Crippen molar-refractivity contribution < 1.29 is 30.2 Å². The second kappa shape index (κ2) is 8.37. The van der Waals surface area contributed by atoms with Crippen LogP contribution in [0.2, 0.25) is 0 Å². The second-order valence-corrected chi connectivity index (χ2v) is 5.18. The summed E-state index contributed by atoms with van der Waals surface area (Å²) in [6.45, 7) is 0. The molecule has 3 rings (SSSR count). The summed E-state index contributed by atoms with van der Waals surface area (Å²) < 4.78 is 37.7. The fourth-order valence-electron chi connectivity index (χ4n) is 1.80. The molecule has 0 aliphatic heterocycles. The predicted molar refractivity (Wildman–Crippen MR) is 82.2 cm³/mol. The van der Waals surface area contributed by atoms with Gasteiger partial charge in [0, 0.05) is 22.6 Å². The van der Waals surface area contributed by atoms with E-state index < -0.39 is 11.7 Å². The van der Waals surface area contributed by atoms with Crippen LogP contribution in [-0.4, -0.2) is 0 Å². The number of benzene rings is 1. The van der Waals surface area contributed by atoms with Crippen LogP contribution in [0.4, 0.5) is 13.2 Å². The van der Waals surface area contributed by atoms with Gasteiger partial charge in [-0.25, -0.2) is 0 Å². The molecule has 0 heterocycles. The quantitative estimate of drug-likeness (QED) is 0.329. The van der Waals surface area contributed by atoms with Gasteiger partial charge in [-0.2, -0.15) is 25.3 Å². The monoisotopic (exact) mass is 408 g/mol. The van der Waals surface area contributed by atoms with Crippen LogP contribution in [0.3, 0.4) is 0 Å². The minimum atomic E-state index is -4.30. The van der Waals surface area contributed by atoms with Gasteiger partial charge >= 0.3 is 6.18 Å². The summed E-state index contributed by atoms with van der Waals surface area (Å²) >= 11 is 3.16. The minimum Gasteiger partial charge on any atom is -0.748 e. The van der Waals surface area contributed by atoms with E-state index in [-0.39, 0.29) is 17.1 Å². The van der Waals surface area contributed by atoms with Gasteiger partial charge in [-0.15, -0.1) is 39.7 Å². The molecule has 0 saturated heterocycles. The van der Waals surface area contributed by atoms with E-state index >= 15 is 0 Å². The van der Waals surface area contributed by atoms with Crippen LogP contribution in [-0.2, 0) is 23.2 Å². The summed E-state index contributed by atoms with van der Waals surface area (Å²) in [5.74, 6) is 0. The Kier molecular flexibility index (Phi) is 7.14. The standard InChI is InChI=1S/C12H7BrF3.C5H5.Fe/c13-11-7-9(12(14,15)16)5-6-10(11)8-3-1-2-4-8;1-2-4-5-3-1;/h1-7H;1-5H;/q-1;-5;. The first kappa shape index (κ1) is 18.8. The third kappa shape index (κ3) is 5.16. The molecular formula is C17H12BrF3Fe-6. The third-order valence-corrected chi connectivity index (χ3v) is 3.48. The molecule has 0 spiro atoms. The fraction of sp³-hybridized carbons (Fsp3) is 0.0588. The summed E-state index contributed by atoms with van der Waals surface area (Å²) in [7, 11) is 0. The summed E-state index contributed by atoms with van der Waals surface area (Å²) in [5.41, 5.74) is 1.02. The molecule has 0 bridgehead atoms. The summed E-state index contributed by atoms with van der Waals surface area (Å²) in [6.07, 6.45) is -4.30. The van der Waals surface area contributed by atoms with Crippen molar-refractivity contribution in [2.45, 2.75) is 6.18 Å². The number of hydrogen-bond acceptors (Lipinski definition) is 0. The number of rotatable bonds is 1. The molecule has 0 aromatic heterocycles. The van der Waals surface area contributed by atoms with Crippen molar-refractivity contribution in [2.24, 2.45) is 0 Å². The number of hydrogen-bond donors (Lipinski definition) is 0. The van der Waals surface area contributed by atoms with E-state index in [1.165, 1.54) is 6.07 Å². The van der Waals surface area contributed by atoms with Gasteiger partial charge in [-0.3, -0.25) is 0 Å². The predicted octanol–water partition coefficient (Wildman–Crippen LogP) is 6.26. The summed E-state index contributed by atoms with van der Waals surface area (Å²) in [5, 5.41) is 0. The molecule has 122 valence electrons. The van der Waals surface area contributed by atoms with E-state index in [4.69, 9.17) is 0 Å². The SMILES string of the molecule is FC(F)(F)c1ccc(-[c-]2cccc2)c(Br)c1.[Fe].[cH-]1[cH-][cH-][cH-][cH-]1. The molecule has 5 heteroatoms. The smallest absolute Gasteiger partial charge is 0.415 e. The van der Waals surface area contributed by atoms with Crippen LogP contribution in [0.1, 0.15) is 5.56 Å². The molecule has 0 fully saturated rings. The molecule has 0 radical (unpaired) electrons. The van der Waals surface area contributed by atoms with Crippen molar-refractivity contribution in [2.75, 3.05) is 0 Å². The molecule has 0 atom stereocenters. The molecule has 0 N–H and O–H groups in total. The first-order valence-electron chi connectivity index (χ1n) is 6.24. The average Bonchev–Trinajstić information content (AvgIpc) is 3.14. The Morgan fingerprint density at radius 3 is 1.82 bits per heavy atom. The van der Waals surface area contributed by atoms with Gasteiger partial charge in [0.05, 0.1) is 0 Å². The van der Waals surface area contributed by atoms with Crippen LogP contribution < -0.4 is 0 Å². The molecule has 0 nitrogen and oxygen atoms in total. The molecule has 0 amide bonds. The van der Waals surface area contributed by atoms with E-state index in [1.54, 1.807) is 0 Å². The maximum Gasteiger partial charge on any atom is 0.415 e. The van der Waals surface area contributed by atoms with E-state index in [9.17, 15) is 13.2 Å². The Hall–Kier alpha value is -1.29. The Balaban J connectivity index is 0.000000344. The fourth-order valence-corrected chi connectivity index (χ4v) is 2.41. The third-order valence-electron chi connectivity index (χ3n) is 2.83. The summed E-state index contributed by atoms with van der Waals surface area (Å²) in [6, 6.07) is 21.1. The number of alkyl halides is 3. The molecule has 0 aliphatic rings. The van der Waals surface area contributed by atoms with Crippen molar-refractivity contribution in [3.8, 4) is 11.1 Å². The van der Waals surface area contributed by atoms with Crippen molar-refractivity contribution in [3.05, 3.63) is 82.8 Å². The maximum atomic E-state index is 12.4. The van der Waals surface area contributed by atoms with Gasteiger partial charge in [0.25, 0.3) is 0 Å². The zero-order chi connectivity index (χ0) is 15.3. The van der Waals surface area contributed by atoms with Gasteiger partial charge in [0.15, 0.2) is 0 Å². The normalized spacial score (nSPS) is 10.4. The van der Waals surface area contributed by atoms with Gasteiger partial charge in [0.2, 0.25) is 0 Å². The zero-order valence-corrected chi connectivity index (χ0v) is 14.0. The van der Waals surface area contributed by atoms with Crippen molar-refractivity contribution in [1.82, 2.24) is 0 Å². The van der Waals surface area contributed by atoms with Gasteiger partial charge < -0.3 is 30.3 Å². The van der Waals surface area contributed by atoms with Crippen LogP contribution in [0.15, 0.2) is 77.3 Å². The number of halogens is 4. The van der Waals surface area contributed by atoms with E-state index in [1.807, 2.05) is 54.6 Å². The molecule has 3 aromatic carbocycles. The Morgan fingerprint density at radius 1 is 0.909 bits per heavy atom. The van der Waals surface area contributed by atoms with Crippen molar-refractivity contribution in [3.63, 3.8) is 0 Å². The first-order valence-corrected chi connectivity index (χ1v) is 7.03. The Labute approximate surface area is 146 Å². The molecular weight excluding hydrogens is 397 g/mol. The largest absolute Gasteiger partial charge is 0.748 e. The molecule has 3 aromatic rings. The Bertz CT molecular complexity index is 639. The van der Waals surface area contributed by atoms with Gasteiger partial charge in [-0.05, 0) is 4.47 Å². The minimum absolute atomic E-state index is 0. The van der Waals surface area contributed by atoms with Crippen LogP contribution >= 0.6 is 15.9 Å². The average molecular weight is 409 g/mol. The van der Waals surface area contributed by atoms with Crippen molar-refractivity contribution in [1.29, 1.82) is 0 Å². The van der Waals surface area contributed by atoms with Crippen LogP contribution in [0.5, 0.6) is 0 Å². The zero-order valence-electron chi connectivity index (χ0n) is 11.3. The maximum absolute atomic E-state index is 12.4. The van der Waals surface area contributed by atoms with Gasteiger partial charge in [0.1, 0.15) is 0 Å². The van der Waals surface area contributed by atoms with Crippen LogP contribution in [0.25, 0.3) is 11.1 Å². The first-order chi connectivity index (χ1) is 9.98. The molecule has 22 heavy (non-hydrogen) atoms. The van der Waals surface area contributed by atoms with Crippen molar-refractivity contribution >= 4 is 15.9 Å². The van der Waals surface area contributed by atoms with Gasteiger partial charge in [-0.1, -0.05) is 17.7 Å². The Morgan fingerprint density at radius 2 is 1.41 bits per heavy atom. The molecule has 0 aliphatic carbocycles. The topological polar surface area (TPSA) is 0 Å². The van der Waals surface area contributed by atoms with E-state index in [2.05, 4.69) is 15.9 Å². The molecule has 0 unspecified atom stereocenters. The summed E-state index contributed by atoms with van der Waals surface area (Å²) in [4.78, 5) is 0. The van der Waals surface area contributed by atoms with E-state index in [0.29, 0.717) is 4.47 Å². The van der Waals surface area contributed by atoms with E-state index in [0.717, 1.165) is 23.3 Å².